The molecule has 1 saturated heterocycles. The highest BCUT2D eigenvalue weighted by Gasteiger charge is 2.27. The van der Waals surface area contributed by atoms with Gasteiger partial charge in [0.15, 0.2) is 5.69 Å². The van der Waals surface area contributed by atoms with Crippen LogP contribution >= 0.6 is 0 Å². The standard InChI is InChI=1S/C22H21N5O2/c1-15-9-12-26(13-10-15)22(29)19-18-4-2-3-11-27(18)20(25-19)21(28)24-17-7-5-16(14-23)6-8-17/h2-8,11,15H,9-10,12-13H2,1H3,(H,24,28). The van der Waals surface area contributed by atoms with Gasteiger partial charge in [0, 0.05) is 25.0 Å². The molecule has 7 heteroatoms. The molecule has 1 aliphatic rings. The van der Waals surface area contributed by atoms with E-state index in [2.05, 4.69) is 17.2 Å². The van der Waals surface area contributed by atoms with Crippen molar-refractivity contribution in [2.24, 2.45) is 5.92 Å². The SMILES string of the molecule is CC1CCN(C(=O)c2nc(C(=O)Nc3ccc(C#N)cc3)n3ccccc23)CC1. The fraction of sp³-hybridized carbons (Fsp3) is 0.273. The zero-order valence-electron chi connectivity index (χ0n) is 16.1. The molecule has 0 aliphatic carbocycles. The summed E-state index contributed by atoms with van der Waals surface area (Å²) in [6, 6.07) is 14.0. The van der Waals surface area contributed by atoms with Gasteiger partial charge in [-0.25, -0.2) is 4.98 Å². The summed E-state index contributed by atoms with van der Waals surface area (Å²) in [5.41, 5.74) is 1.98. The quantitative estimate of drug-likeness (QED) is 0.746. The van der Waals surface area contributed by atoms with Crippen LogP contribution in [0.25, 0.3) is 5.52 Å². The van der Waals surface area contributed by atoms with Gasteiger partial charge in [0.2, 0.25) is 5.82 Å². The number of likely N-dealkylation sites (tertiary alicyclic amines) is 1. The van der Waals surface area contributed by atoms with Gasteiger partial charge in [-0.3, -0.25) is 14.0 Å². The van der Waals surface area contributed by atoms with Gasteiger partial charge < -0.3 is 10.2 Å². The smallest absolute Gasteiger partial charge is 0.292 e. The second-order valence-electron chi connectivity index (χ2n) is 7.36. The van der Waals surface area contributed by atoms with E-state index in [0.717, 1.165) is 12.8 Å². The van der Waals surface area contributed by atoms with Crippen molar-refractivity contribution in [1.29, 1.82) is 5.26 Å². The molecule has 3 aromatic rings. The number of carbonyl (C=O) groups excluding carboxylic acids is 2. The van der Waals surface area contributed by atoms with Gasteiger partial charge >= 0.3 is 0 Å². The molecule has 0 saturated carbocycles. The number of anilines is 1. The minimum Gasteiger partial charge on any atom is -0.337 e. The minimum atomic E-state index is -0.415. The number of hydrogen-bond donors (Lipinski definition) is 1. The molecule has 1 N–H and O–H groups in total. The first-order chi connectivity index (χ1) is 14.1. The molecule has 0 spiro atoms. The van der Waals surface area contributed by atoms with Crippen molar-refractivity contribution in [1.82, 2.24) is 14.3 Å². The van der Waals surface area contributed by atoms with Crippen molar-refractivity contribution in [2.45, 2.75) is 19.8 Å². The molecular formula is C22H21N5O2. The van der Waals surface area contributed by atoms with Gasteiger partial charge in [0.05, 0.1) is 17.1 Å². The second-order valence-corrected chi connectivity index (χ2v) is 7.36. The summed E-state index contributed by atoms with van der Waals surface area (Å²) in [5, 5.41) is 11.7. The van der Waals surface area contributed by atoms with Crippen molar-refractivity contribution in [3.05, 3.63) is 65.7 Å². The molecule has 29 heavy (non-hydrogen) atoms. The van der Waals surface area contributed by atoms with E-state index >= 15 is 0 Å². The van der Waals surface area contributed by atoms with Crippen LogP contribution in [-0.2, 0) is 0 Å². The minimum absolute atomic E-state index is 0.141. The summed E-state index contributed by atoms with van der Waals surface area (Å²) >= 11 is 0. The topological polar surface area (TPSA) is 90.5 Å². The van der Waals surface area contributed by atoms with Gasteiger partial charge in [0.1, 0.15) is 0 Å². The molecule has 0 bridgehead atoms. The third kappa shape index (κ3) is 3.69. The predicted molar refractivity (Wildman–Crippen MR) is 109 cm³/mol. The number of pyridine rings is 1. The van der Waals surface area contributed by atoms with Crippen LogP contribution in [0.15, 0.2) is 48.7 Å². The van der Waals surface area contributed by atoms with Crippen molar-refractivity contribution in [3.8, 4) is 6.07 Å². The lowest BCUT2D eigenvalue weighted by Gasteiger charge is -2.29. The number of imidazole rings is 1. The number of hydrogen-bond acceptors (Lipinski definition) is 4. The summed E-state index contributed by atoms with van der Waals surface area (Å²) in [5.74, 6) is 0.213. The van der Waals surface area contributed by atoms with Crippen LogP contribution in [0.4, 0.5) is 5.69 Å². The van der Waals surface area contributed by atoms with Crippen LogP contribution < -0.4 is 5.32 Å². The molecule has 1 aromatic carbocycles. The number of amides is 2. The van der Waals surface area contributed by atoms with E-state index in [1.165, 1.54) is 0 Å². The Morgan fingerprint density at radius 1 is 1.14 bits per heavy atom. The average Bonchev–Trinajstić information content (AvgIpc) is 3.14. The third-order valence-corrected chi connectivity index (χ3v) is 5.30. The van der Waals surface area contributed by atoms with Gasteiger partial charge in [-0.05, 0) is 55.2 Å². The normalized spacial score (nSPS) is 14.6. The molecule has 3 heterocycles. The van der Waals surface area contributed by atoms with Crippen molar-refractivity contribution in [2.75, 3.05) is 18.4 Å². The summed E-state index contributed by atoms with van der Waals surface area (Å²) in [6.07, 6.45) is 3.68. The molecular weight excluding hydrogens is 366 g/mol. The molecule has 7 nitrogen and oxygen atoms in total. The van der Waals surface area contributed by atoms with Crippen molar-refractivity contribution in [3.63, 3.8) is 0 Å². The highest BCUT2D eigenvalue weighted by molar-refractivity contribution is 6.06. The Hall–Kier alpha value is -3.66. The van der Waals surface area contributed by atoms with E-state index in [0.29, 0.717) is 41.5 Å². The number of carbonyl (C=O) groups is 2. The summed E-state index contributed by atoms with van der Waals surface area (Å²) in [7, 11) is 0. The monoisotopic (exact) mass is 387 g/mol. The van der Waals surface area contributed by atoms with Crippen molar-refractivity contribution >= 4 is 23.0 Å². The van der Waals surface area contributed by atoms with Gasteiger partial charge in [0.25, 0.3) is 11.8 Å². The molecule has 1 aliphatic heterocycles. The Morgan fingerprint density at radius 2 is 1.86 bits per heavy atom. The maximum atomic E-state index is 13.1. The van der Waals surface area contributed by atoms with Crippen LogP contribution in [0.1, 0.15) is 46.4 Å². The van der Waals surface area contributed by atoms with Gasteiger partial charge in [-0.1, -0.05) is 13.0 Å². The maximum Gasteiger partial charge on any atom is 0.292 e. The van der Waals surface area contributed by atoms with E-state index in [4.69, 9.17) is 5.26 Å². The highest BCUT2D eigenvalue weighted by Crippen LogP contribution is 2.21. The summed E-state index contributed by atoms with van der Waals surface area (Å²) in [4.78, 5) is 32.2. The average molecular weight is 387 g/mol. The first-order valence-corrected chi connectivity index (χ1v) is 9.64. The highest BCUT2D eigenvalue weighted by atomic mass is 16.2. The van der Waals surface area contributed by atoms with Crippen LogP contribution in [0.5, 0.6) is 0 Å². The molecule has 146 valence electrons. The van der Waals surface area contributed by atoms with Crippen LogP contribution in [0.3, 0.4) is 0 Å². The van der Waals surface area contributed by atoms with E-state index in [1.807, 2.05) is 17.0 Å². The Labute approximate surface area is 168 Å². The Bertz CT molecular complexity index is 1100. The molecule has 0 atom stereocenters. The number of rotatable bonds is 3. The van der Waals surface area contributed by atoms with E-state index in [1.54, 1.807) is 47.0 Å². The Balaban J connectivity index is 1.64. The van der Waals surface area contributed by atoms with Gasteiger partial charge in [-0.2, -0.15) is 5.26 Å². The molecule has 1 fully saturated rings. The molecule has 2 aromatic heterocycles. The van der Waals surface area contributed by atoms with Crippen LogP contribution in [0, 0.1) is 17.2 Å². The number of piperidine rings is 1. The number of fused-ring (bicyclic) bond motifs is 1. The zero-order chi connectivity index (χ0) is 20.4. The lowest BCUT2D eigenvalue weighted by Crippen LogP contribution is -2.38. The fourth-order valence-corrected chi connectivity index (χ4v) is 3.53. The van der Waals surface area contributed by atoms with Gasteiger partial charge in [-0.15, -0.1) is 0 Å². The zero-order valence-corrected chi connectivity index (χ0v) is 16.1. The van der Waals surface area contributed by atoms with E-state index < -0.39 is 5.91 Å². The van der Waals surface area contributed by atoms with Crippen LogP contribution in [-0.4, -0.2) is 39.2 Å². The summed E-state index contributed by atoms with van der Waals surface area (Å²) < 4.78 is 1.64. The summed E-state index contributed by atoms with van der Waals surface area (Å²) in [6.45, 7) is 3.61. The van der Waals surface area contributed by atoms with Crippen molar-refractivity contribution < 1.29 is 9.59 Å². The third-order valence-electron chi connectivity index (χ3n) is 5.30. The van der Waals surface area contributed by atoms with Crippen LogP contribution in [0.2, 0.25) is 0 Å². The molecule has 0 unspecified atom stereocenters. The number of aromatic nitrogens is 2. The lowest BCUT2D eigenvalue weighted by molar-refractivity contribution is 0.0694. The molecule has 2 amide bonds. The predicted octanol–water partition coefficient (Wildman–Crippen LogP) is 3.33. The molecule has 4 rings (SSSR count). The molecule has 0 radical (unpaired) electrons. The number of nitrogens with zero attached hydrogens (tertiary/aromatic N) is 4. The number of benzene rings is 1. The Morgan fingerprint density at radius 3 is 2.55 bits per heavy atom. The fourth-order valence-electron chi connectivity index (χ4n) is 3.53. The second kappa shape index (κ2) is 7.76. The van der Waals surface area contributed by atoms with E-state index in [9.17, 15) is 9.59 Å². The number of nitriles is 1. The first-order valence-electron chi connectivity index (χ1n) is 9.64. The first kappa shape index (κ1) is 18.7. The largest absolute Gasteiger partial charge is 0.337 e. The lowest BCUT2D eigenvalue weighted by atomic mass is 9.99. The Kier molecular flexibility index (Phi) is 5.00. The number of nitrogens with one attached hydrogen (secondary N) is 1. The van der Waals surface area contributed by atoms with E-state index in [-0.39, 0.29) is 11.7 Å². The maximum absolute atomic E-state index is 13.1.